The first-order chi connectivity index (χ1) is 10.3. The van der Waals surface area contributed by atoms with Crippen LogP contribution in [0.15, 0.2) is 18.2 Å². The number of piperidine rings is 1. The maximum absolute atomic E-state index is 13.7. The minimum Gasteiger partial charge on any atom is -0.339 e. The molecule has 1 aliphatic heterocycles. The molecule has 1 aliphatic rings. The molecule has 130 valence electrons. The standard InChI is InChI=1S/C15H18F4N2O.ClH/c1-20-9-10-4-6-21(7-5-10)14(22)12-8-11(15(17,18)19)2-3-13(12)16;/h2-3,8,10,20H,4-7,9H2,1H3;1H. The minimum atomic E-state index is -4.59. The molecular weight excluding hydrogens is 336 g/mol. The van der Waals surface area contributed by atoms with Crippen LogP contribution in [0.1, 0.15) is 28.8 Å². The Morgan fingerprint density at radius 3 is 2.43 bits per heavy atom. The SMILES string of the molecule is CNCC1CCN(C(=O)c2cc(C(F)(F)F)ccc2F)CC1.Cl. The van der Waals surface area contributed by atoms with Crippen molar-refractivity contribution in [1.82, 2.24) is 10.2 Å². The number of carbonyl (C=O) groups is 1. The molecule has 1 saturated heterocycles. The molecule has 0 spiro atoms. The van der Waals surface area contributed by atoms with Gasteiger partial charge in [-0.15, -0.1) is 12.4 Å². The molecule has 0 saturated carbocycles. The lowest BCUT2D eigenvalue weighted by Gasteiger charge is -2.32. The summed E-state index contributed by atoms with van der Waals surface area (Å²) in [4.78, 5) is 13.7. The summed E-state index contributed by atoms with van der Waals surface area (Å²) in [6.45, 7) is 1.70. The van der Waals surface area contributed by atoms with Crippen LogP contribution < -0.4 is 5.32 Å². The average molecular weight is 355 g/mol. The van der Waals surface area contributed by atoms with Gasteiger partial charge in [-0.1, -0.05) is 0 Å². The normalized spacial score (nSPS) is 16.1. The fourth-order valence-electron chi connectivity index (χ4n) is 2.66. The summed E-state index contributed by atoms with van der Waals surface area (Å²) in [6.07, 6.45) is -3.08. The first kappa shape index (κ1) is 19.7. The van der Waals surface area contributed by atoms with Crippen LogP contribution in [-0.2, 0) is 6.18 Å². The van der Waals surface area contributed by atoms with Crippen molar-refractivity contribution < 1.29 is 22.4 Å². The number of nitrogens with zero attached hydrogens (tertiary/aromatic N) is 1. The molecule has 1 amide bonds. The van der Waals surface area contributed by atoms with Gasteiger partial charge in [0.1, 0.15) is 5.82 Å². The second kappa shape index (κ2) is 7.97. The van der Waals surface area contributed by atoms with Gasteiger partial charge in [-0.05, 0) is 50.6 Å². The van der Waals surface area contributed by atoms with E-state index in [2.05, 4.69) is 5.32 Å². The number of benzene rings is 1. The van der Waals surface area contributed by atoms with Gasteiger partial charge < -0.3 is 10.2 Å². The number of likely N-dealkylation sites (tertiary alicyclic amines) is 1. The molecule has 1 aromatic carbocycles. The van der Waals surface area contributed by atoms with E-state index in [4.69, 9.17) is 0 Å². The Kier molecular flexibility index (Phi) is 6.83. The number of carbonyl (C=O) groups excluding carboxylic acids is 1. The zero-order chi connectivity index (χ0) is 16.3. The Hall–Kier alpha value is -1.34. The van der Waals surface area contributed by atoms with Crippen LogP contribution >= 0.6 is 12.4 Å². The molecular formula is C15H19ClF4N2O. The number of hydrogen-bond donors (Lipinski definition) is 1. The lowest BCUT2D eigenvalue weighted by atomic mass is 9.96. The van der Waals surface area contributed by atoms with E-state index in [0.29, 0.717) is 37.2 Å². The van der Waals surface area contributed by atoms with Gasteiger partial charge in [0.05, 0.1) is 11.1 Å². The van der Waals surface area contributed by atoms with Gasteiger partial charge in [-0.3, -0.25) is 4.79 Å². The highest BCUT2D eigenvalue weighted by atomic mass is 35.5. The monoisotopic (exact) mass is 354 g/mol. The minimum absolute atomic E-state index is 0. The van der Waals surface area contributed by atoms with Crippen molar-refractivity contribution in [2.75, 3.05) is 26.7 Å². The van der Waals surface area contributed by atoms with Crippen LogP contribution in [0.2, 0.25) is 0 Å². The number of amides is 1. The molecule has 1 N–H and O–H groups in total. The summed E-state index contributed by atoms with van der Waals surface area (Å²) in [5.41, 5.74) is -1.52. The van der Waals surface area contributed by atoms with Crippen LogP contribution in [-0.4, -0.2) is 37.5 Å². The highest BCUT2D eigenvalue weighted by Crippen LogP contribution is 2.31. The number of nitrogens with one attached hydrogen (secondary N) is 1. The van der Waals surface area contributed by atoms with Crippen LogP contribution in [0.4, 0.5) is 17.6 Å². The Morgan fingerprint density at radius 1 is 1.30 bits per heavy atom. The van der Waals surface area contributed by atoms with Crippen LogP contribution in [0.3, 0.4) is 0 Å². The van der Waals surface area contributed by atoms with Crippen molar-refractivity contribution in [3.63, 3.8) is 0 Å². The molecule has 0 atom stereocenters. The smallest absolute Gasteiger partial charge is 0.339 e. The van der Waals surface area contributed by atoms with Crippen molar-refractivity contribution in [3.8, 4) is 0 Å². The van der Waals surface area contributed by atoms with Crippen molar-refractivity contribution in [2.24, 2.45) is 5.92 Å². The van der Waals surface area contributed by atoms with Gasteiger partial charge in [0.2, 0.25) is 0 Å². The van der Waals surface area contributed by atoms with E-state index in [9.17, 15) is 22.4 Å². The van der Waals surface area contributed by atoms with Gasteiger partial charge >= 0.3 is 6.18 Å². The largest absolute Gasteiger partial charge is 0.416 e. The fraction of sp³-hybridized carbons (Fsp3) is 0.533. The summed E-state index contributed by atoms with van der Waals surface area (Å²) < 4.78 is 51.8. The molecule has 0 radical (unpaired) electrons. The van der Waals surface area contributed by atoms with Crippen LogP contribution in [0, 0.1) is 11.7 Å². The Morgan fingerprint density at radius 2 is 1.91 bits per heavy atom. The van der Waals surface area contributed by atoms with Gasteiger partial charge in [0, 0.05) is 13.1 Å². The predicted molar refractivity (Wildman–Crippen MR) is 81.2 cm³/mol. The summed E-state index contributed by atoms with van der Waals surface area (Å²) in [5, 5.41) is 3.06. The highest BCUT2D eigenvalue weighted by Gasteiger charge is 2.33. The zero-order valence-electron chi connectivity index (χ0n) is 12.6. The fourth-order valence-corrected chi connectivity index (χ4v) is 2.66. The van der Waals surface area contributed by atoms with Gasteiger partial charge in [-0.2, -0.15) is 13.2 Å². The van der Waals surface area contributed by atoms with Gasteiger partial charge in [0.15, 0.2) is 0 Å². The third-order valence-electron chi connectivity index (χ3n) is 3.92. The lowest BCUT2D eigenvalue weighted by molar-refractivity contribution is -0.137. The first-order valence-corrected chi connectivity index (χ1v) is 7.13. The van der Waals surface area contributed by atoms with Crippen molar-refractivity contribution in [2.45, 2.75) is 19.0 Å². The molecule has 0 bridgehead atoms. The van der Waals surface area contributed by atoms with Crippen molar-refractivity contribution in [3.05, 3.63) is 35.1 Å². The Bertz CT molecular complexity index is 543. The third-order valence-corrected chi connectivity index (χ3v) is 3.92. The number of hydrogen-bond acceptors (Lipinski definition) is 2. The van der Waals surface area contributed by atoms with E-state index in [-0.39, 0.29) is 12.4 Å². The maximum atomic E-state index is 13.7. The molecule has 1 fully saturated rings. The molecule has 0 unspecified atom stereocenters. The molecule has 2 rings (SSSR count). The second-order valence-electron chi connectivity index (χ2n) is 5.49. The summed E-state index contributed by atoms with van der Waals surface area (Å²) in [7, 11) is 1.84. The lowest BCUT2D eigenvalue weighted by Crippen LogP contribution is -2.40. The van der Waals surface area contributed by atoms with Crippen LogP contribution in [0.5, 0.6) is 0 Å². The first-order valence-electron chi connectivity index (χ1n) is 7.13. The Balaban J connectivity index is 0.00000264. The predicted octanol–water partition coefficient (Wildman–Crippen LogP) is 3.34. The van der Waals surface area contributed by atoms with Crippen LogP contribution in [0.25, 0.3) is 0 Å². The molecule has 8 heteroatoms. The third kappa shape index (κ3) is 4.81. The van der Waals surface area contributed by atoms with E-state index in [1.165, 1.54) is 4.90 Å². The molecule has 1 aromatic rings. The summed E-state index contributed by atoms with van der Waals surface area (Å²) >= 11 is 0. The topological polar surface area (TPSA) is 32.3 Å². The average Bonchev–Trinajstić information content (AvgIpc) is 2.47. The second-order valence-corrected chi connectivity index (χ2v) is 5.49. The maximum Gasteiger partial charge on any atom is 0.416 e. The summed E-state index contributed by atoms with van der Waals surface area (Å²) in [5.74, 6) is -1.16. The number of alkyl halides is 3. The van der Waals surface area contributed by atoms with E-state index < -0.39 is 29.0 Å². The van der Waals surface area contributed by atoms with Crippen molar-refractivity contribution >= 4 is 18.3 Å². The van der Waals surface area contributed by atoms with E-state index in [1.54, 1.807) is 0 Å². The molecule has 23 heavy (non-hydrogen) atoms. The number of halogens is 5. The van der Waals surface area contributed by atoms with E-state index in [0.717, 1.165) is 19.4 Å². The molecule has 1 heterocycles. The molecule has 0 aromatic heterocycles. The zero-order valence-corrected chi connectivity index (χ0v) is 13.4. The quantitative estimate of drug-likeness (QED) is 0.844. The molecule has 3 nitrogen and oxygen atoms in total. The molecule has 0 aliphatic carbocycles. The van der Waals surface area contributed by atoms with Gasteiger partial charge in [0.25, 0.3) is 5.91 Å². The van der Waals surface area contributed by atoms with Crippen molar-refractivity contribution in [1.29, 1.82) is 0 Å². The summed E-state index contributed by atoms with van der Waals surface area (Å²) in [6, 6.07) is 1.94. The highest BCUT2D eigenvalue weighted by molar-refractivity contribution is 5.94. The number of rotatable bonds is 3. The van der Waals surface area contributed by atoms with Gasteiger partial charge in [-0.25, -0.2) is 4.39 Å². The Labute approximate surface area is 138 Å². The van der Waals surface area contributed by atoms with E-state index in [1.807, 2.05) is 7.05 Å². The van der Waals surface area contributed by atoms with E-state index >= 15 is 0 Å².